The van der Waals surface area contributed by atoms with Gasteiger partial charge in [-0.25, -0.2) is 4.98 Å². The molecule has 0 spiro atoms. The minimum Gasteiger partial charge on any atom is -0.481 e. The zero-order valence-electron chi connectivity index (χ0n) is 13.1. The van der Waals surface area contributed by atoms with E-state index in [1.165, 1.54) is 6.92 Å². The van der Waals surface area contributed by atoms with Gasteiger partial charge in [-0.05, 0) is 30.7 Å². The quantitative estimate of drug-likeness (QED) is 0.861. The lowest BCUT2D eigenvalue weighted by atomic mass is 10.1. The second kappa shape index (κ2) is 7.56. The first-order valence-electron chi connectivity index (χ1n) is 7.19. The number of hydrogen-bond donors (Lipinski definition) is 2. The number of ether oxygens (including phenoxy) is 1. The molecule has 5 heteroatoms. The smallest absolute Gasteiger partial charge is 0.221 e. The van der Waals surface area contributed by atoms with Crippen molar-refractivity contribution in [2.24, 2.45) is 0 Å². The van der Waals surface area contributed by atoms with E-state index in [1.54, 1.807) is 13.3 Å². The molecule has 1 atom stereocenters. The van der Waals surface area contributed by atoms with Crippen molar-refractivity contribution in [1.82, 2.24) is 10.3 Å². The largest absolute Gasteiger partial charge is 0.481 e. The number of carbonyl (C=O) groups excluding carboxylic acids is 1. The summed E-state index contributed by atoms with van der Waals surface area (Å²) in [6.45, 7) is 4.24. The Balaban J connectivity index is 2.03. The van der Waals surface area contributed by atoms with Crippen LogP contribution in [-0.4, -0.2) is 18.0 Å². The van der Waals surface area contributed by atoms with Gasteiger partial charge in [0.25, 0.3) is 0 Å². The van der Waals surface area contributed by atoms with E-state index in [4.69, 9.17) is 4.74 Å². The Kier molecular flexibility index (Phi) is 5.49. The van der Waals surface area contributed by atoms with E-state index in [-0.39, 0.29) is 11.9 Å². The lowest BCUT2D eigenvalue weighted by molar-refractivity contribution is -0.114. The first-order chi connectivity index (χ1) is 10.6. The Morgan fingerprint density at radius 3 is 2.86 bits per heavy atom. The molecule has 0 aliphatic rings. The predicted molar refractivity (Wildman–Crippen MR) is 86.8 cm³/mol. The molecule has 1 aromatic heterocycles. The number of methoxy groups -OCH3 is 1. The van der Waals surface area contributed by atoms with Gasteiger partial charge in [-0.1, -0.05) is 18.2 Å². The van der Waals surface area contributed by atoms with Crippen molar-refractivity contribution in [1.29, 1.82) is 0 Å². The fraction of sp³-hybridized carbons (Fsp3) is 0.294. The van der Waals surface area contributed by atoms with Crippen LogP contribution in [-0.2, 0) is 11.3 Å². The zero-order chi connectivity index (χ0) is 15.9. The van der Waals surface area contributed by atoms with Gasteiger partial charge in [-0.2, -0.15) is 0 Å². The number of hydrogen-bond acceptors (Lipinski definition) is 4. The first-order valence-corrected chi connectivity index (χ1v) is 7.19. The van der Waals surface area contributed by atoms with Crippen LogP contribution in [0.1, 0.15) is 31.0 Å². The molecule has 0 aliphatic heterocycles. The van der Waals surface area contributed by atoms with Gasteiger partial charge in [0.05, 0.1) is 7.11 Å². The number of benzene rings is 1. The van der Waals surface area contributed by atoms with Crippen LogP contribution in [0, 0.1) is 0 Å². The normalized spacial score (nSPS) is 11.8. The van der Waals surface area contributed by atoms with Crippen LogP contribution < -0.4 is 15.4 Å². The third-order valence-corrected chi connectivity index (χ3v) is 3.35. The Morgan fingerprint density at radius 2 is 2.14 bits per heavy atom. The van der Waals surface area contributed by atoms with Crippen molar-refractivity contribution in [3.8, 4) is 5.88 Å². The van der Waals surface area contributed by atoms with Crippen molar-refractivity contribution in [3.05, 3.63) is 53.7 Å². The molecule has 0 bridgehead atoms. The molecule has 1 aromatic carbocycles. The molecule has 5 nitrogen and oxygen atoms in total. The second-order valence-corrected chi connectivity index (χ2v) is 5.08. The van der Waals surface area contributed by atoms with Gasteiger partial charge in [-0.3, -0.25) is 4.79 Å². The fourth-order valence-corrected chi connectivity index (χ4v) is 2.21. The molecule has 0 saturated carbocycles. The van der Waals surface area contributed by atoms with E-state index in [0.29, 0.717) is 12.4 Å². The number of carbonyl (C=O) groups is 1. The van der Waals surface area contributed by atoms with Gasteiger partial charge >= 0.3 is 0 Å². The minimum absolute atomic E-state index is 0.0714. The van der Waals surface area contributed by atoms with Gasteiger partial charge in [0.1, 0.15) is 0 Å². The maximum atomic E-state index is 11.1. The van der Waals surface area contributed by atoms with Crippen LogP contribution in [0.5, 0.6) is 5.88 Å². The number of nitrogens with zero attached hydrogens (tertiary/aromatic N) is 1. The third-order valence-electron chi connectivity index (χ3n) is 3.35. The molecule has 22 heavy (non-hydrogen) atoms. The minimum atomic E-state index is -0.0714. The molecule has 116 valence electrons. The fourth-order valence-electron chi connectivity index (χ4n) is 2.21. The lowest BCUT2D eigenvalue weighted by Crippen LogP contribution is -2.19. The third kappa shape index (κ3) is 4.30. The second-order valence-electron chi connectivity index (χ2n) is 5.08. The number of aromatic nitrogens is 1. The highest BCUT2D eigenvalue weighted by Gasteiger charge is 2.08. The van der Waals surface area contributed by atoms with E-state index < -0.39 is 0 Å². The van der Waals surface area contributed by atoms with Crippen molar-refractivity contribution in [3.63, 3.8) is 0 Å². The Labute approximate surface area is 130 Å². The highest BCUT2D eigenvalue weighted by atomic mass is 16.5. The Bertz CT molecular complexity index is 643. The van der Waals surface area contributed by atoms with Crippen LogP contribution in [0.2, 0.25) is 0 Å². The predicted octanol–water partition coefficient (Wildman–Crippen LogP) is 2.90. The molecular weight excluding hydrogens is 278 g/mol. The summed E-state index contributed by atoms with van der Waals surface area (Å²) in [4.78, 5) is 15.3. The summed E-state index contributed by atoms with van der Waals surface area (Å²) in [6, 6.07) is 11.8. The van der Waals surface area contributed by atoms with E-state index in [0.717, 1.165) is 16.8 Å². The van der Waals surface area contributed by atoms with E-state index in [9.17, 15) is 4.79 Å². The topological polar surface area (TPSA) is 63.2 Å². The Morgan fingerprint density at radius 1 is 1.32 bits per heavy atom. The molecule has 1 unspecified atom stereocenters. The van der Waals surface area contributed by atoms with E-state index in [2.05, 4.69) is 22.5 Å². The molecule has 1 amide bonds. The summed E-state index contributed by atoms with van der Waals surface area (Å²) >= 11 is 0. The summed E-state index contributed by atoms with van der Waals surface area (Å²) in [6.07, 6.45) is 1.71. The number of nitrogens with one attached hydrogen (secondary N) is 2. The van der Waals surface area contributed by atoms with E-state index >= 15 is 0 Å². The molecular formula is C17H21N3O2. The van der Waals surface area contributed by atoms with Crippen molar-refractivity contribution in [2.45, 2.75) is 26.4 Å². The van der Waals surface area contributed by atoms with Gasteiger partial charge in [-0.15, -0.1) is 0 Å². The maximum Gasteiger partial charge on any atom is 0.221 e. The average Bonchev–Trinajstić information content (AvgIpc) is 2.52. The summed E-state index contributed by atoms with van der Waals surface area (Å²) in [5.74, 6) is 0.562. The van der Waals surface area contributed by atoms with Crippen molar-refractivity contribution >= 4 is 11.6 Å². The summed E-state index contributed by atoms with van der Waals surface area (Å²) in [5.41, 5.74) is 2.92. The van der Waals surface area contributed by atoms with Crippen molar-refractivity contribution in [2.75, 3.05) is 12.4 Å². The number of rotatable bonds is 6. The molecule has 0 fully saturated rings. The molecule has 1 heterocycles. The van der Waals surface area contributed by atoms with Crippen LogP contribution in [0.4, 0.5) is 5.69 Å². The van der Waals surface area contributed by atoms with Gasteiger partial charge in [0.15, 0.2) is 0 Å². The summed E-state index contributed by atoms with van der Waals surface area (Å²) in [7, 11) is 1.62. The Hall–Kier alpha value is -2.40. The highest BCUT2D eigenvalue weighted by molar-refractivity contribution is 5.88. The van der Waals surface area contributed by atoms with Crippen LogP contribution in [0.25, 0.3) is 0 Å². The zero-order valence-corrected chi connectivity index (χ0v) is 13.1. The van der Waals surface area contributed by atoms with Crippen molar-refractivity contribution < 1.29 is 9.53 Å². The van der Waals surface area contributed by atoms with Gasteiger partial charge in [0.2, 0.25) is 11.8 Å². The summed E-state index contributed by atoms with van der Waals surface area (Å²) < 4.78 is 5.25. The van der Waals surface area contributed by atoms with Gasteiger partial charge < -0.3 is 15.4 Å². The van der Waals surface area contributed by atoms with Crippen LogP contribution in [0.3, 0.4) is 0 Å². The summed E-state index contributed by atoms with van der Waals surface area (Å²) in [5, 5.41) is 6.23. The number of pyridine rings is 1. The van der Waals surface area contributed by atoms with E-state index in [1.807, 2.05) is 36.4 Å². The van der Waals surface area contributed by atoms with Crippen LogP contribution in [0.15, 0.2) is 42.6 Å². The SMILES string of the molecule is COc1ncccc1CNC(C)c1cccc(NC(C)=O)c1. The standard InChI is InChI=1S/C17H21N3O2/c1-12(14-6-4-8-16(10-14)20-13(2)21)19-11-15-7-5-9-18-17(15)22-3/h4-10,12,19H,11H2,1-3H3,(H,20,21). The maximum absolute atomic E-state index is 11.1. The number of anilines is 1. The average molecular weight is 299 g/mol. The first kappa shape index (κ1) is 16.0. The molecule has 0 radical (unpaired) electrons. The van der Waals surface area contributed by atoms with Crippen LogP contribution >= 0.6 is 0 Å². The molecule has 0 aliphatic carbocycles. The lowest BCUT2D eigenvalue weighted by Gasteiger charge is -2.16. The molecule has 2 aromatic rings. The highest BCUT2D eigenvalue weighted by Crippen LogP contribution is 2.19. The monoisotopic (exact) mass is 299 g/mol. The van der Waals surface area contributed by atoms with Gasteiger partial charge in [0, 0.05) is 37.0 Å². The molecule has 0 saturated heterocycles. The molecule has 2 rings (SSSR count). The molecule has 2 N–H and O–H groups in total. The number of amides is 1.